The first-order valence-electron chi connectivity index (χ1n) is 7.99. The topological polar surface area (TPSA) is 85.0 Å². The molecule has 1 aromatic heterocycles. The van der Waals surface area contributed by atoms with Crippen LogP contribution in [0.1, 0.15) is 17.3 Å². The van der Waals surface area contributed by atoms with Crippen molar-refractivity contribution < 1.29 is 14.0 Å². The highest BCUT2D eigenvalue weighted by molar-refractivity contribution is 5.79. The van der Waals surface area contributed by atoms with Crippen molar-refractivity contribution in [2.45, 2.75) is 19.9 Å². The zero-order valence-corrected chi connectivity index (χ0v) is 15.4. The molecule has 136 valence electrons. The van der Waals surface area contributed by atoms with E-state index in [9.17, 15) is 0 Å². The fourth-order valence-corrected chi connectivity index (χ4v) is 2.42. The van der Waals surface area contributed by atoms with Gasteiger partial charge in [-0.05, 0) is 19.1 Å². The number of nitrogens with one attached hydrogen (secondary N) is 1. The third kappa shape index (κ3) is 5.10. The minimum atomic E-state index is 0.611. The smallest absolute Gasteiger partial charge is 0.228 e. The van der Waals surface area contributed by atoms with Crippen molar-refractivity contribution in [3.05, 3.63) is 35.5 Å². The molecule has 25 heavy (non-hydrogen) atoms. The van der Waals surface area contributed by atoms with Crippen LogP contribution in [0.25, 0.3) is 0 Å². The number of guanidine groups is 1. The summed E-state index contributed by atoms with van der Waals surface area (Å²) in [6, 6.07) is 5.78. The second-order valence-electron chi connectivity index (χ2n) is 5.49. The van der Waals surface area contributed by atoms with E-state index in [1.54, 1.807) is 28.2 Å². The second kappa shape index (κ2) is 8.91. The van der Waals surface area contributed by atoms with Crippen molar-refractivity contribution in [3.8, 4) is 11.5 Å². The van der Waals surface area contributed by atoms with E-state index >= 15 is 0 Å². The van der Waals surface area contributed by atoms with Crippen molar-refractivity contribution in [1.29, 1.82) is 0 Å². The number of ether oxygens (including phenoxy) is 2. The van der Waals surface area contributed by atoms with Crippen LogP contribution in [-0.4, -0.2) is 55.9 Å². The number of rotatable bonds is 7. The number of aliphatic imine (C=N–C) groups is 1. The van der Waals surface area contributed by atoms with Gasteiger partial charge in [0.1, 0.15) is 11.5 Å². The highest BCUT2D eigenvalue weighted by atomic mass is 16.5. The Hall–Kier alpha value is -2.77. The van der Waals surface area contributed by atoms with Crippen LogP contribution in [0.2, 0.25) is 0 Å². The Balaban J connectivity index is 1.94. The van der Waals surface area contributed by atoms with Crippen molar-refractivity contribution in [2.75, 3.05) is 34.9 Å². The molecule has 2 rings (SSSR count). The lowest BCUT2D eigenvalue weighted by atomic mass is 10.2. The summed E-state index contributed by atoms with van der Waals surface area (Å²) in [6.45, 7) is 3.10. The first-order valence-corrected chi connectivity index (χ1v) is 7.99. The van der Waals surface area contributed by atoms with Gasteiger partial charge < -0.3 is 24.2 Å². The summed E-state index contributed by atoms with van der Waals surface area (Å²) in [5.74, 6) is 3.57. The van der Waals surface area contributed by atoms with Crippen LogP contribution in [0, 0.1) is 6.92 Å². The molecule has 0 saturated heterocycles. The third-order valence-electron chi connectivity index (χ3n) is 3.67. The maximum absolute atomic E-state index is 5.45. The zero-order valence-electron chi connectivity index (χ0n) is 15.4. The Morgan fingerprint density at radius 3 is 2.72 bits per heavy atom. The first-order chi connectivity index (χ1) is 12.1. The van der Waals surface area contributed by atoms with Gasteiger partial charge in [-0.1, -0.05) is 5.16 Å². The molecule has 1 heterocycles. The van der Waals surface area contributed by atoms with Gasteiger partial charge in [-0.25, -0.2) is 0 Å². The van der Waals surface area contributed by atoms with E-state index in [2.05, 4.69) is 20.4 Å². The Morgan fingerprint density at radius 2 is 2.12 bits per heavy atom. The van der Waals surface area contributed by atoms with E-state index in [4.69, 9.17) is 14.0 Å². The van der Waals surface area contributed by atoms with Crippen molar-refractivity contribution >= 4 is 5.96 Å². The Labute approximate surface area is 147 Å². The maximum atomic E-state index is 5.45. The lowest BCUT2D eigenvalue weighted by molar-refractivity contribution is 0.372. The SMILES string of the molecule is CN=C(NCCc1nc(C)no1)N(C)Cc1ccc(OC)cc1OC. The monoisotopic (exact) mass is 347 g/mol. The van der Waals surface area contributed by atoms with Crippen LogP contribution in [0.5, 0.6) is 11.5 Å². The average Bonchev–Trinajstić information content (AvgIpc) is 3.04. The van der Waals surface area contributed by atoms with Gasteiger partial charge in [-0.15, -0.1) is 0 Å². The number of aromatic nitrogens is 2. The van der Waals surface area contributed by atoms with Crippen LogP contribution in [0.15, 0.2) is 27.7 Å². The standard InChI is InChI=1S/C17H25N5O3/c1-12-20-16(25-21-12)8-9-19-17(18-2)22(3)11-13-6-7-14(23-4)10-15(13)24-5/h6-7,10H,8-9,11H2,1-5H3,(H,18,19). The number of aryl methyl sites for hydroxylation is 1. The van der Waals surface area contributed by atoms with Crippen molar-refractivity contribution in [1.82, 2.24) is 20.4 Å². The van der Waals surface area contributed by atoms with Gasteiger partial charge in [0.05, 0.1) is 14.2 Å². The summed E-state index contributed by atoms with van der Waals surface area (Å²) in [7, 11) is 7.01. The number of hydrogen-bond donors (Lipinski definition) is 1. The molecule has 0 atom stereocenters. The van der Waals surface area contributed by atoms with Crippen LogP contribution in [-0.2, 0) is 13.0 Å². The maximum Gasteiger partial charge on any atom is 0.228 e. The van der Waals surface area contributed by atoms with Gasteiger partial charge in [0.15, 0.2) is 11.8 Å². The number of hydrogen-bond acceptors (Lipinski definition) is 6. The van der Waals surface area contributed by atoms with Gasteiger partial charge in [0.2, 0.25) is 5.89 Å². The molecule has 0 radical (unpaired) electrons. The molecule has 0 bridgehead atoms. The van der Waals surface area contributed by atoms with Gasteiger partial charge in [-0.3, -0.25) is 4.99 Å². The normalized spacial score (nSPS) is 11.3. The van der Waals surface area contributed by atoms with Gasteiger partial charge in [-0.2, -0.15) is 4.98 Å². The van der Waals surface area contributed by atoms with E-state index in [-0.39, 0.29) is 0 Å². The molecule has 1 N–H and O–H groups in total. The molecule has 0 unspecified atom stereocenters. The summed E-state index contributed by atoms with van der Waals surface area (Å²) in [5, 5.41) is 7.07. The highest BCUT2D eigenvalue weighted by Crippen LogP contribution is 2.25. The molecule has 0 saturated carbocycles. The third-order valence-corrected chi connectivity index (χ3v) is 3.67. The fraction of sp³-hybridized carbons (Fsp3) is 0.471. The minimum absolute atomic E-state index is 0.611. The lowest BCUT2D eigenvalue weighted by Crippen LogP contribution is -2.39. The van der Waals surface area contributed by atoms with Crippen LogP contribution in [0.3, 0.4) is 0 Å². The molecule has 8 heteroatoms. The van der Waals surface area contributed by atoms with E-state index in [0.717, 1.165) is 23.0 Å². The fourth-order valence-electron chi connectivity index (χ4n) is 2.42. The number of nitrogens with zero attached hydrogens (tertiary/aromatic N) is 4. The predicted octanol–water partition coefficient (Wildman–Crippen LogP) is 1.65. The van der Waals surface area contributed by atoms with E-state index in [1.807, 2.05) is 30.1 Å². The summed E-state index contributed by atoms with van der Waals surface area (Å²) >= 11 is 0. The Bertz CT molecular complexity index is 714. The van der Waals surface area contributed by atoms with Crippen LogP contribution < -0.4 is 14.8 Å². The molecule has 0 spiro atoms. The second-order valence-corrected chi connectivity index (χ2v) is 5.49. The largest absolute Gasteiger partial charge is 0.497 e. The molecule has 8 nitrogen and oxygen atoms in total. The van der Waals surface area contributed by atoms with E-state index in [1.165, 1.54) is 0 Å². The van der Waals surface area contributed by atoms with E-state index < -0.39 is 0 Å². The Kier molecular flexibility index (Phi) is 6.62. The number of benzene rings is 1. The first kappa shape index (κ1) is 18.6. The Morgan fingerprint density at radius 1 is 1.32 bits per heavy atom. The number of methoxy groups -OCH3 is 2. The molecule has 2 aromatic rings. The zero-order chi connectivity index (χ0) is 18.2. The molecule has 0 aliphatic heterocycles. The minimum Gasteiger partial charge on any atom is -0.497 e. The summed E-state index contributed by atoms with van der Waals surface area (Å²) in [6.07, 6.45) is 0.638. The molecule has 0 aliphatic carbocycles. The average molecular weight is 347 g/mol. The highest BCUT2D eigenvalue weighted by Gasteiger charge is 2.11. The summed E-state index contributed by atoms with van der Waals surface area (Å²) in [4.78, 5) is 10.5. The molecular weight excluding hydrogens is 322 g/mol. The van der Waals surface area contributed by atoms with Crippen LogP contribution >= 0.6 is 0 Å². The predicted molar refractivity (Wildman–Crippen MR) is 95.1 cm³/mol. The van der Waals surface area contributed by atoms with Crippen LogP contribution in [0.4, 0.5) is 0 Å². The molecule has 0 fully saturated rings. The molecular formula is C17H25N5O3. The van der Waals surface area contributed by atoms with Crippen molar-refractivity contribution in [2.24, 2.45) is 4.99 Å². The van der Waals surface area contributed by atoms with Gasteiger partial charge in [0, 0.05) is 45.2 Å². The quantitative estimate of drug-likeness (QED) is 0.602. The van der Waals surface area contributed by atoms with Gasteiger partial charge >= 0.3 is 0 Å². The summed E-state index contributed by atoms with van der Waals surface area (Å²) < 4.78 is 15.8. The summed E-state index contributed by atoms with van der Waals surface area (Å²) in [5.41, 5.74) is 1.04. The van der Waals surface area contributed by atoms with Gasteiger partial charge in [0.25, 0.3) is 0 Å². The molecule has 1 aromatic carbocycles. The molecule has 0 amide bonds. The lowest BCUT2D eigenvalue weighted by Gasteiger charge is -2.23. The van der Waals surface area contributed by atoms with Crippen molar-refractivity contribution in [3.63, 3.8) is 0 Å². The molecule has 0 aliphatic rings. The van der Waals surface area contributed by atoms with E-state index in [0.29, 0.717) is 31.2 Å².